The molecule has 0 unspecified atom stereocenters. The molecule has 0 saturated carbocycles. The predicted octanol–water partition coefficient (Wildman–Crippen LogP) is 4.52. The van der Waals surface area contributed by atoms with Crippen LogP contribution in [-0.4, -0.2) is 15.3 Å². The molecule has 2 aromatic carbocycles. The van der Waals surface area contributed by atoms with Crippen LogP contribution in [0.3, 0.4) is 0 Å². The molecule has 0 aliphatic heterocycles. The second-order valence-electron chi connectivity index (χ2n) is 6.81. The van der Waals surface area contributed by atoms with Gasteiger partial charge in [-0.3, -0.25) is 14.0 Å². The smallest absolute Gasteiger partial charge is 0.258 e. The molecule has 2 heterocycles. The van der Waals surface area contributed by atoms with Crippen LogP contribution in [0.15, 0.2) is 77.7 Å². The zero-order valence-electron chi connectivity index (χ0n) is 16.2. The molecule has 2 aromatic heterocycles. The van der Waals surface area contributed by atoms with Crippen molar-refractivity contribution < 1.29 is 4.79 Å². The molecule has 0 radical (unpaired) electrons. The highest BCUT2D eigenvalue weighted by molar-refractivity contribution is 6.30. The first-order chi connectivity index (χ1) is 14.5. The highest BCUT2D eigenvalue weighted by atomic mass is 35.5. The van der Waals surface area contributed by atoms with Crippen molar-refractivity contribution in [3.05, 3.63) is 105 Å². The summed E-state index contributed by atoms with van der Waals surface area (Å²) < 4.78 is 1.41. The van der Waals surface area contributed by atoms with Gasteiger partial charge in [0.15, 0.2) is 0 Å². The Kier molecular flexibility index (Phi) is 5.50. The number of amides is 1. The third-order valence-electron chi connectivity index (χ3n) is 4.75. The van der Waals surface area contributed by atoms with Crippen molar-refractivity contribution in [1.82, 2.24) is 9.38 Å². The Morgan fingerprint density at radius 3 is 2.60 bits per heavy atom. The maximum absolute atomic E-state index is 12.5. The topological polar surface area (TPSA) is 75.5 Å². The number of anilines is 2. The highest BCUT2D eigenvalue weighted by Gasteiger charge is 2.10. The second kappa shape index (κ2) is 8.39. The van der Waals surface area contributed by atoms with Crippen LogP contribution in [0.1, 0.15) is 21.6 Å². The third-order valence-corrected chi connectivity index (χ3v) is 4.98. The molecule has 4 rings (SSSR count). The number of halogens is 1. The standard InChI is InChI=1S/C23H19ClN4O2/c1-15-19(8-5-9-20(15)27-23(30)16-6-3-2-4-7-16)25-13-18-12-22(29)28-14-17(24)10-11-21(28)26-18/h2-12,14,25H,13H2,1H3,(H,27,30). The number of benzene rings is 2. The van der Waals surface area contributed by atoms with Crippen molar-refractivity contribution in [3.63, 3.8) is 0 Å². The summed E-state index contributed by atoms with van der Waals surface area (Å²) in [5.41, 5.74) is 4.00. The van der Waals surface area contributed by atoms with Crippen LogP contribution in [0.25, 0.3) is 5.65 Å². The Balaban J connectivity index is 1.52. The van der Waals surface area contributed by atoms with E-state index in [1.807, 2.05) is 43.3 Å². The average molecular weight is 419 g/mol. The number of aromatic nitrogens is 2. The van der Waals surface area contributed by atoms with E-state index in [0.717, 1.165) is 16.9 Å². The molecular formula is C23H19ClN4O2. The summed E-state index contributed by atoms with van der Waals surface area (Å²) in [6.45, 7) is 2.29. The van der Waals surface area contributed by atoms with Gasteiger partial charge in [-0.05, 0) is 48.9 Å². The lowest BCUT2D eigenvalue weighted by atomic mass is 10.1. The fraction of sp³-hybridized carbons (Fsp3) is 0.0870. The van der Waals surface area contributed by atoms with Crippen molar-refractivity contribution in [1.29, 1.82) is 0 Å². The van der Waals surface area contributed by atoms with Crippen LogP contribution in [0, 0.1) is 6.92 Å². The minimum atomic E-state index is -0.195. The minimum absolute atomic E-state index is 0.168. The van der Waals surface area contributed by atoms with Gasteiger partial charge in [0.25, 0.3) is 11.5 Å². The average Bonchev–Trinajstić information content (AvgIpc) is 2.75. The molecule has 4 aromatic rings. The lowest BCUT2D eigenvalue weighted by Crippen LogP contribution is -2.17. The maximum Gasteiger partial charge on any atom is 0.258 e. The Morgan fingerprint density at radius 2 is 1.80 bits per heavy atom. The van der Waals surface area contributed by atoms with Crippen LogP contribution in [-0.2, 0) is 6.54 Å². The first kappa shape index (κ1) is 19.7. The van der Waals surface area contributed by atoms with Crippen molar-refractivity contribution >= 4 is 34.5 Å². The van der Waals surface area contributed by atoms with Gasteiger partial charge in [0.2, 0.25) is 0 Å². The van der Waals surface area contributed by atoms with E-state index in [1.54, 1.807) is 30.5 Å². The SMILES string of the molecule is Cc1c(NCc2cc(=O)n3cc(Cl)ccc3n2)cccc1NC(=O)c1ccccc1. The number of hydrogen-bond donors (Lipinski definition) is 2. The molecule has 1 amide bonds. The fourth-order valence-corrected chi connectivity index (χ4v) is 3.31. The summed E-state index contributed by atoms with van der Waals surface area (Å²) in [4.78, 5) is 29.3. The van der Waals surface area contributed by atoms with Gasteiger partial charge in [-0.1, -0.05) is 35.9 Å². The molecule has 0 atom stereocenters. The predicted molar refractivity (Wildman–Crippen MR) is 119 cm³/mol. The van der Waals surface area contributed by atoms with Gasteiger partial charge in [-0.15, -0.1) is 0 Å². The zero-order chi connectivity index (χ0) is 21.1. The number of hydrogen-bond acceptors (Lipinski definition) is 4. The monoisotopic (exact) mass is 418 g/mol. The largest absolute Gasteiger partial charge is 0.379 e. The van der Waals surface area contributed by atoms with Gasteiger partial charge in [0.1, 0.15) is 5.65 Å². The summed E-state index contributed by atoms with van der Waals surface area (Å²) in [5, 5.41) is 6.72. The Bertz CT molecular complexity index is 1290. The van der Waals surface area contributed by atoms with E-state index < -0.39 is 0 Å². The van der Waals surface area contributed by atoms with Crippen molar-refractivity contribution in [2.24, 2.45) is 0 Å². The van der Waals surface area contributed by atoms with Gasteiger partial charge < -0.3 is 10.6 Å². The number of pyridine rings is 1. The quantitative estimate of drug-likeness (QED) is 0.499. The summed E-state index contributed by atoms with van der Waals surface area (Å²) in [5.74, 6) is -0.168. The van der Waals surface area contributed by atoms with E-state index >= 15 is 0 Å². The highest BCUT2D eigenvalue weighted by Crippen LogP contribution is 2.24. The van der Waals surface area contributed by atoms with Gasteiger partial charge in [-0.2, -0.15) is 0 Å². The summed E-state index contributed by atoms with van der Waals surface area (Å²) in [6.07, 6.45) is 1.55. The molecule has 0 bridgehead atoms. The summed E-state index contributed by atoms with van der Waals surface area (Å²) in [6, 6.07) is 19.6. The molecule has 7 heteroatoms. The third kappa shape index (κ3) is 4.18. The van der Waals surface area contributed by atoms with E-state index in [1.165, 1.54) is 10.5 Å². The minimum Gasteiger partial charge on any atom is -0.379 e. The molecule has 2 N–H and O–H groups in total. The molecule has 30 heavy (non-hydrogen) atoms. The van der Waals surface area contributed by atoms with Gasteiger partial charge in [-0.25, -0.2) is 4.98 Å². The van der Waals surface area contributed by atoms with Crippen molar-refractivity contribution in [3.8, 4) is 0 Å². The van der Waals surface area contributed by atoms with E-state index in [-0.39, 0.29) is 11.5 Å². The first-order valence-corrected chi connectivity index (χ1v) is 9.77. The van der Waals surface area contributed by atoms with Crippen molar-refractivity contribution in [2.75, 3.05) is 10.6 Å². The summed E-state index contributed by atoms with van der Waals surface area (Å²) >= 11 is 5.95. The normalized spacial score (nSPS) is 10.7. The first-order valence-electron chi connectivity index (χ1n) is 9.39. The van der Waals surface area contributed by atoms with Crippen LogP contribution in [0.5, 0.6) is 0 Å². The van der Waals surface area contributed by atoms with Crippen molar-refractivity contribution in [2.45, 2.75) is 13.5 Å². The van der Waals surface area contributed by atoms with Crippen LogP contribution in [0.2, 0.25) is 5.02 Å². The molecule has 150 valence electrons. The lowest BCUT2D eigenvalue weighted by Gasteiger charge is -2.14. The number of fused-ring (bicyclic) bond motifs is 1. The molecule has 0 saturated heterocycles. The van der Waals surface area contributed by atoms with Crippen LogP contribution >= 0.6 is 11.6 Å². The number of rotatable bonds is 5. The Hall–Kier alpha value is -3.64. The lowest BCUT2D eigenvalue weighted by molar-refractivity contribution is 0.102. The molecule has 6 nitrogen and oxygen atoms in total. The number of nitrogens with zero attached hydrogens (tertiary/aromatic N) is 2. The number of nitrogens with one attached hydrogen (secondary N) is 2. The molecule has 0 fully saturated rings. The number of carbonyl (C=O) groups excluding carboxylic acids is 1. The van der Waals surface area contributed by atoms with Crippen LogP contribution < -0.4 is 16.2 Å². The zero-order valence-corrected chi connectivity index (χ0v) is 17.0. The van der Waals surface area contributed by atoms with Gasteiger partial charge in [0, 0.05) is 29.2 Å². The molecule has 0 spiro atoms. The van der Waals surface area contributed by atoms with E-state index in [0.29, 0.717) is 28.5 Å². The maximum atomic E-state index is 12.5. The number of carbonyl (C=O) groups is 1. The van der Waals surface area contributed by atoms with Gasteiger partial charge >= 0.3 is 0 Å². The van der Waals surface area contributed by atoms with Gasteiger partial charge in [0.05, 0.1) is 17.3 Å². The molecule has 0 aliphatic carbocycles. The van der Waals surface area contributed by atoms with E-state index in [9.17, 15) is 9.59 Å². The fourth-order valence-electron chi connectivity index (χ4n) is 3.15. The molecule has 0 aliphatic rings. The second-order valence-corrected chi connectivity index (χ2v) is 7.25. The summed E-state index contributed by atoms with van der Waals surface area (Å²) in [7, 11) is 0. The van der Waals surface area contributed by atoms with Crippen LogP contribution in [0.4, 0.5) is 11.4 Å². The van der Waals surface area contributed by atoms with E-state index in [2.05, 4.69) is 15.6 Å². The Morgan fingerprint density at radius 1 is 1.03 bits per heavy atom. The Labute approximate surface area is 178 Å². The van der Waals surface area contributed by atoms with E-state index in [4.69, 9.17) is 11.6 Å². The molecular weight excluding hydrogens is 400 g/mol.